The van der Waals surface area contributed by atoms with E-state index in [-0.39, 0.29) is 0 Å². The van der Waals surface area contributed by atoms with E-state index in [1.165, 1.54) is 12.3 Å². The van der Waals surface area contributed by atoms with Crippen LogP contribution in [0.2, 0.25) is 0 Å². The standard InChI is InChI=1S/C25H17NO6/c1-14-9-21-17(11-20(14)32-25(28)16-6-4-8-26-13-16)18(12-23(27)30-21)22-10-15-5-3-7-19(29-2)24(15)31-22/h3-13H,1-2H3. The van der Waals surface area contributed by atoms with Gasteiger partial charge in [-0.2, -0.15) is 0 Å². The van der Waals surface area contributed by atoms with Crippen molar-refractivity contribution in [1.82, 2.24) is 4.98 Å². The summed E-state index contributed by atoms with van der Waals surface area (Å²) in [5, 5.41) is 1.40. The minimum atomic E-state index is -0.534. The van der Waals surface area contributed by atoms with Gasteiger partial charge in [-0.3, -0.25) is 4.98 Å². The molecule has 0 saturated carbocycles. The van der Waals surface area contributed by atoms with Crippen molar-refractivity contribution < 1.29 is 23.1 Å². The summed E-state index contributed by atoms with van der Waals surface area (Å²) in [5.74, 6) is 0.863. The predicted molar refractivity (Wildman–Crippen MR) is 118 cm³/mol. The highest BCUT2D eigenvalue weighted by atomic mass is 16.5. The minimum absolute atomic E-state index is 0.330. The van der Waals surface area contributed by atoms with Gasteiger partial charge in [-0.25, -0.2) is 9.59 Å². The molecule has 0 bridgehead atoms. The molecule has 3 aromatic heterocycles. The number of benzene rings is 2. The molecule has 0 aliphatic rings. The second-order valence-corrected chi connectivity index (χ2v) is 7.21. The van der Waals surface area contributed by atoms with Gasteiger partial charge < -0.3 is 18.3 Å². The average Bonchev–Trinajstić information content (AvgIpc) is 3.24. The van der Waals surface area contributed by atoms with Crippen LogP contribution in [0.25, 0.3) is 33.3 Å². The number of ether oxygens (including phenoxy) is 2. The Labute approximate surface area is 181 Å². The molecule has 0 spiro atoms. The van der Waals surface area contributed by atoms with Crippen LogP contribution >= 0.6 is 0 Å². The molecule has 7 heteroatoms. The summed E-state index contributed by atoms with van der Waals surface area (Å²) in [6.45, 7) is 1.77. The average molecular weight is 427 g/mol. The molecule has 0 radical (unpaired) electrons. The number of esters is 1. The third kappa shape index (κ3) is 3.39. The first-order valence-corrected chi connectivity index (χ1v) is 9.81. The zero-order chi connectivity index (χ0) is 22.2. The number of hydrogen-bond donors (Lipinski definition) is 0. The van der Waals surface area contributed by atoms with Crippen molar-refractivity contribution in [3.8, 4) is 22.8 Å². The Kier molecular flexibility index (Phi) is 4.71. The number of carbonyl (C=O) groups is 1. The molecule has 158 valence electrons. The maximum absolute atomic E-state index is 12.5. The predicted octanol–water partition coefficient (Wildman–Crippen LogP) is 5.14. The first-order valence-electron chi connectivity index (χ1n) is 9.81. The van der Waals surface area contributed by atoms with Gasteiger partial charge in [0.1, 0.15) is 17.1 Å². The van der Waals surface area contributed by atoms with Crippen molar-refractivity contribution in [3.63, 3.8) is 0 Å². The van der Waals surface area contributed by atoms with Crippen LogP contribution < -0.4 is 15.1 Å². The zero-order valence-electron chi connectivity index (χ0n) is 17.2. The fraction of sp³-hybridized carbons (Fsp3) is 0.0800. The third-order valence-electron chi connectivity index (χ3n) is 5.13. The van der Waals surface area contributed by atoms with E-state index in [0.29, 0.717) is 50.5 Å². The normalized spacial score (nSPS) is 11.1. The highest BCUT2D eigenvalue weighted by Gasteiger charge is 2.18. The van der Waals surface area contributed by atoms with E-state index in [1.807, 2.05) is 18.2 Å². The van der Waals surface area contributed by atoms with Crippen molar-refractivity contribution in [1.29, 1.82) is 0 Å². The Bertz CT molecular complexity index is 1530. The summed E-state index contributed by atoms with van der Waals surface area (Å²) in [5.41, 5.74) is 1.91. The summed E-state index contributed by atoms with van der Waals surface area (Å²) >= 11 is 0. The topological polar surface area (TPSA) is 91.8 Å². The highest BCUT2D eigenvalue weighted by molar-refractivity contribution is 5.97. The summed E-state index contributed by atoms with van der Waals surface area (Å²) in [4.78, 5) is 28.7. The van der Waals surface area contributed by atoms with Gasteiger partial charge in [-0.15, -0.1) is 0 Å². The molecule has 32 heavy (non-hydrogen) atoms. The first kappa shape index (κ1) is 19.6. The smallest absolute Gasteiger partial charge is 0.345 e. The fourth-order valence-electron chi connectivity index (χ4n) is 3.58. The van der Waals surface area contributed by atoms with Gasteiger partial charge in [0.15, 0.2) is 11.3 Å². The van der Waals surface area contributed by atoms with Crippen molar-refractivity contribution >= 4 is 27.9 Å². The molecule has 5 aromatic rings. The molecule has 5 rings (SSSR count). The summed E-state index contributed by atoms with van der Waals surface area (Å²) in [6.07, 6.45) is 3.01. The lowest BCUT2D eigenvalue weighted by atomic mass is 10.0. The van der Waals surface area contributed by atoms with E-state index in [1.54, 1.807) is 50.6 Å². The maximum Gasteiger partial charge on any atom is 0.345 e. The number of aryl methyl sites for hydroxylation is 1. The Morgan fingerprint density at radius 2 is 1.88 bits per heavy atom. The number of furan rings is 1. The van der Waals surface area contributed by atoms with Crippen LogP contribution in [0.15, 0.2) is 80.6 Å². The lowest BCUT2D eigenvalue weighted by Gasteiger charge is -2.10. The van der Waals surface area contributed by atoms with Crippen LogP contribution in [0.1, 0.15) is 15.9 Å². The van der Waals surface area contributed by atoms with Crippen LogP contribution in [-0.2, 0) is 0 Å². The lowest BCUT2D eigenvalue weighted by molar-refractivity contribution is 0.0733. The van der Waals surface area contributed by atoms with Gasteiger partial charge in [0.05, 0.1) is 12.7 Å². The zero-order valence-corrected chi connectivity index (χ0v) is 17.2. The highest BCUT2D eigenvalue weighted by Crippen LogP contribution is 2.37. The number of pyridine rings is 1. The van der Waals surface area contributed by atoms with Gasteiger partial charge in [0.2, 0.25) is 0 Å². The van der Waals surface area contributed by atoms with Crippen LogP contribution in [0.3, 0.4) is 0 Å². The van der Waals surface area contributed by atoms with Crippen molar-refractivity contribution in [2.24, 2.45) is 0 Å². The second-order valence-electron chi connectivity index (χ2n) is 7.21. The Morgan fingerprint density at radius 1 is 1.00 bits per heavy atom. The molecule has 3 heterocycles. The number of carbonyl (C=O) groups excluding carboxylic acids is 1. The summed E-state index contributed by atoms with van der Waals surface area (Å²) in [7, 11) is 1.56. The number of para-hydroxylation sites is 1. The van der Waals surface area contributed by atoms with Gasteiger partial charge in [0, 0.05) is 34.8 Å². The largest absolute Gasteiger partial charge is 0.493 e. The number of aromatic nitrogens is 1. The molecule has 0 fully saturated rings. The van der Waals surface area contributed by atoms with E-state index in [9.17, 15) is 9.59 Å². The summed E-state index contributed by atoms with van der Waals surface area (Å²) < 4.78 is 22.4. The van der Waals surface area contributed by atoms with Crippen LogP contribution in [0.5, 0.6) is 11.5 Å². The number of hydrogen-bond acceptors (Lipinski definition) is 7. The number of methoxy groups -OCH3 is 1. The van der Waals surface area contributed by atoms with E-state index in [0.717, 1.165) is 5.39 Å². The molecule has 7 nitrogen and oxygen atoms in total. The Morgan fingerprint density at radius 3 is 2.66 bits per heavy atom. The van der Waals surface area contributed by atoms with Crippen molar-refractivity contribution in [3.05, 3.63) is 88.5 Å². The lowest BCUT2D eigenvalue weighted by Crippen LogP contribution is -2.09. The minimum Gasteiger partial charge on any atom is -0.493 e. The third-order valence-corrected chi connectivity index (χ3v) is 5.13. The monoisotopic (exact) mass is 427 g/mol. The first-order chi connectivity index (χ1) is 15.5. The second kappa shape index (κ2) is 7.70. The molecule has 0 aliphatic heterocycles. The fourth-order valence-corrected chi connectivity index (χ4v) is 3.58. The molecule has 0 amide bonds. The Balaban J connectivity index is 1.66. The van der Waals surface area contributed by atoms with Gasteiger partial charge in [-0.05, 0) is 48.9 Å². The Hall–Kier alpha value is -4.39. The van der Waals surface area contributed by atoms with E-state index in [4.69, 9.17) is 18.3 Å². The van der Waals surface area contributed by atoms with E-state index >= 15 is 0 Å². The van der Waals surface area contributed by atoms with Crippen molar-refractivity contribution in [2.75, 3.05) is 7.11 Å². The molecule has 0 N–H and O–H groups in total. The molecule has 0 saturated heterocycles. The van der Waals surface area contributed by atoms with Gasteiger partial charge >= 0.3 is 11.6 Å². The molecule has 0 aliphatic carbocycles. The van der Waals surface area contributed by atoms with Crippen LogP contribution in [0, 0.1) is 6.92 Å². The van der Waals surface area contributed by atoms with E-state index in [2.05, 4.69) is 4.98 Å². The SMILES string of the molecule is COc1cccc2cc(-c3cc(=O)oc4cc(C)c(OC(=O)c5cccnc5)cc34)oc12. The molecular weight excluding hydrogens is 410 g/mol. The van der Waals surface area contributed by atoms with E-state index < -0.39 is 11.6 Å². The van der Waals surface area contributed by atoms with Crippen molar-refractivity contribution in [2.45, 2.75) is 6.92 Å². The van der Waals surface area contributed by atoms with Crippen LogP contribution in [-0.4, -0.2) is 18.1 Å². The van der Waals surface area contributed by atoms with Gasteiger partial charge in [-0.1, -0.05) is 12.1 Å². The number of rotatable bonds is 4. The molecule has 2 aromatic carbocycles. The molecule has 0 atom stereocenters. The maximum atomic E-state index is 12.5. The summed E-state index contributed by atoms with van der Waals surface area (Å²) in [6, 6.07) is 15.3. The molecular formula is C25H17NO6. The quantitative estimate of drug-likeness (QED) is 0.223. The molecule has 0 unspecified atom stereocenters. The van der Waals surface area contributed by atoms with Gasteiger partial charge in [0.25, 0.3) is 0 Å². The van der Waals surface area contributed by atoms with Crippen LogP contribution in [0.4, 0.5) is 0 Å². The number of fused-ring (bicyclic) bond motifs is 2. The number of nitrogens with zero attached hydrogens (tertiary/aromatic N) is 1.